The number of phenolic OH excluding ortho intramolecular Hbond substituents is 1. The second kappa shape index (κ2) is 9.87. The molecule has 1 saturated carbocycles. The van der Waals surface area contributed by atoms with Crippen LogP contribution in [0.5, 0.6) is 5.75 Å². The largest absolute Gasteiger partial charge is 0.509 e. The van der Waals surface area contributed by atoms with Gasteiger partial charge in [0.25, 0.3) is 0 Å². The molecule has 2 aliphatic rings. The summed E-state index contributed by atoms with van der Waals surface area (Å²) in [6.45, 7) is 0.106. The Balaban J connectivity index is 1.63. The van der Waals surface area contributed by atoms with E-state index in [1.165, 1.54) is 0 Å². The molecule has 0 radical (unpaired) electrons. The van der Waals surface area contributed by atoms with E-state index in [-0.39, 0.29) is 24.0 Å². The number of carbonyl (C=O) groups excluding carboxylic acids is 1. The van der Waals surface area contributed by atoms with E-state index in [0.29, 0.717) is 18.4 Å². The number of benzene rings is 3. The van der Waals surface area contributed by atoms with Crippen molar-refractivity contribution >= 4 is 17.3 Å². The van der Waals surface area contributed by atoms with Crippen molar-refractivity contribution < 1.29 is 19.7 Å². The lowest BCUT2D eigenvalue weighted by Crippen LogP contribution is -2.59. The van der Waals surface area contributed by atoms with E-state index in [1.807, 2.05) is 72.8 Å². The van der Waals surface area contributed by atoms with Crippen molar-refractivity contribution in [2.75, 3.05) is 11.5 Å². The Kier molecular flexibility index (Phi) is 6.49. The van der Waals surface area contributed by atoms with Gasteiger partial charge in [0, 0.05) is 11.4 Å². The van der Waals surface area contributed by atoms with Crippen LogP contribution in [0.15, 0.2) is 96.3 Å². The molecule has 0 spiro atoms. The molecular formula is C30H31NO4. The number of hydrogen-bond donors (Lipinski definition) is 2. The van der Waals surface area contributed by atoms with E-state index < -0.39 is 11.5 Å². The maximum Gasteiger partial charge on any atom is 0.337 e. The van der Waals surface area contributed by atoms with Crippen LogP contribution >= 0.6 is 0 Å². The summed E-state index contributed by atoms with van der Waals surface area (Å²) in [5.41, 5.74) is 2.35. The lowest BCUT2D eigenvalue weighted by atomic mass is 9.75. The van der Waals surface area contributed by atoms with Crippen molar-refractivity contribution in [2.45, 2.75) is 44.1 Å². The molecule has 1 aliphatic carbocycles. The Morgan fingerprint density at radius 1 is 0.800 bits per heavy atom. The summed E-state index contributed by atoms with van der Waals surface area (Å²) >= 11 is 0. The predicted octanol–water partition coefficient (Wildman–Crippen LogP) is 6.46. The number of phenols is 1. The average molecular weight is 470 g/mol. The molecule has 2 N–H and O–H groups in total. The Labute approximate surface area is 206 Å². The van der Waals surface area contributed by atoms with E-state index in [4.69, 9.17) is 4.74 Å². The number of aryl methyl sites for hydroxylation is 1. The normalized spacial score (nSPS) is 20.6. The molecule has 5 rings (SSSR count). The Morgan fingerprint density at radius 2 is 1.37 bits per heavy atom. The Bertz CT molecular complexity index is 1140. The first-order chi connectivity index (χ1) is 17.1. The fraction of sp³-hybridized carbons (Fsp3) is 0.300. The van der Waals surface area contributed by atoms with Gasteiger partial charge in [0.2, 0.25) is 0 Å². The number of anilines is 2. The molecule has 1 atom stereocenters. The van der Waals surface area contributed by atoms with Crippen LogP contribution in [-0.4, -0.2) is 28.3 Å². The number of para-hydroxylation sites is 2. The van der Waals surface area contributed by atoms with Crippen molar-refractivity contribution in [1.82, 2.24) is 0 Å². The molecule has 5 heteroatoms. The second-order valence-corrected chi connectivity index (χ2v) is 9.48. The van der Waals surface area contributed by atoms with Crippen LogP contribution in [0.4, 0.5) is 11.4 Å². The number of carbonyl (C=O) groups is 1. The van der Waals surface area contributed by atoms with E-state index in [9.17, 15) is 15.0 Å². The molecule has 0 saturated heterocycles. The molecule has 0 amide bonds. The van der Waals surface area contributed by atoms with Gasteiger partial charge in [-0.2, -0.15) is 0 Å². The first-order valence-electron chi connectivity index (χ1n) is 12.4. The minimum absolute atomic E-state index is 0.106. The quantitative estimate of drug-likeness (QED) is 0.389. The fourth-order valence-corrected chi connectivity index (χ4v) is 5.67. The third-order valence-electron chi connectivity index (χ3n) is 7.42. The maximum atomic E-state index is 13.0. The van der Waals surface area contributed by atoms with Crippen molar-refractivity contribution in [3.8, 4) is 5.75 Å². The zero-order chi connectivity index (χ0) is 24.3. The highest BCUT2D eigenvalue weighted by Crippen LogP contribution is 2.49. The number of aliphatic hydroxyl groups is 1. The zero-order valence-electron chi connectivity index (χ0n) is 19.8. The lowest BCUT2D eigenvalue weighted by molar-refractivity contribution is -0.144. The maximum absolute atomic E-state index is 13.0. The topological polar surface area (TPSA) is 70.0 Å². The highest BCUT2D eigenvalue weighted by atomic mass is 16.5. The van der Waals surface area contributed by atoms with Crippen molar-refractivity contribution in [3.05, 3.63) is 102 Å². The molecule has 1 fully saturated rings. The number of esters is 1. The first kappa shape index (κ1) is 23.0. The number of nitrogens with zero attached hydrogens (tertiary/aromatic N) is 1. The van der Waals surface area contributed by atoms with Crippen molar-refractivity contribution in [2.24, 2.45) is 5.92 Å². The minimum atomic E-state index is -0.878. The second-order valence-electron chi connectivity index (χ2n) is 9.48. The highest BCUT2D eigenvalue weighted by molar-refractivity contribution is 5.91. The van der Waals surface area contributed by atoms with Crippen molar-refractivity contribution in [3.63, 3.8) is 0 Å². The summed E-state index contributed by atoms with van der Waals surface area (Å²) < 4.78 is 5.88. The summed E-state index contributed by atoms with van der Waals surface area (Å²) in [4.78, 5) is 15.2. The van der Waals surface area contributed by atoms with Gasteiger partial charge >= 0.3 is 5.97 Å². The number of hydrogen-bond acceptors (Lipinski definition) is 5. The van der Waals surface area contributed by atoms with Gasteiger partial charge in [-0.25, -0.2) is 4.79 Å². The Hall–Kier alpha value is -3.73. The molecule has 3 aromatic rings. The van der Waals surface area contributed by atoms with Gasteiger partial charge in [0.1, 0.15) is 23.7 Å². The number of ether oxygens (including phenoxy) is 1. The lowest BCUT2D eigenvalue weighted by Gasteiger charge is -2.50. The number of aliphatic hydroxyl groups excluding tert-OH is 1. The van der Waals surface area contributed by atoms with Crippen LogP contribution in [0, 0.1) is 5.92 Å². The highest BCUT2D eigenvalue weighted by Gasteiger charge is 2.54. The number of aromatic hydroxyl groups is 1. The zero-order valence-corrected chi connectivity index (χ0v) is 19.8. The molecule has 180 valence electrons. The molecule has 0 bridgehead atoms. The van der Waals surface area contributed by atoms with Gasteiger partial charge in [-0.05, 0) is 73.6 Å². The van der Waals surface area contributed by atoms with E-state index in [2.05, 4.69) is 4.90 Å². The fourth-order valence-electron chi connectivity index (χ4n) is 5.67. The SMILES string of the molecule is O=C1OCC(C2CCCC2)(N(c2ccccc2)c2ccccc2)C(O)=C1CCc1ccc(O)cc1. The van der Waals surface area contributed by atoms with Crippen LogP contribution < -0.4 is 4.90 Å². The van der Waals surface area contributed by atoms with Gasteiger partial charge in [0.15, 0.2) is 0 Å². The van der Waals surface area contributed by atoms with Crippen LogP contribution in [-0.2, 0) is 16.0 Å². The summed E-state index contributed by atoms with van der Waals surface area (Å²) in [5, 5.41) is 21.6. The van der Waals surface area contributed by atoms with E-state index in [0.717, 1.165) is 42.6 Å². The minimum Gasteiger partial charge on any atom is -0.509 e. The van der Waals surface area contributed by atoms with Crippen LogP contribution in [0.1, 0.15) is 37.7 Å². The standard InChI is InChI=1S/C30H31NO4/c32-26-18-15-22(16-19-26)17-20-27-28(33)30(21-35-29(27)34,23-9-7-8-10-23)31(24-11-3-1-4-12-24)25-13-5-2-6-14-25/h1-6,11-16,18-19,23,32-33H,7-10,17,20-21H2. The van der Waals surface area contributed by atoms with Crippen LogP contribution in [0.2, 0.25) is 0 Å². The van der Waals surface area contributed by atoms with E-state index >= 15 is 0 Å². The molecule has 1 aliphatic heterocycles. The summed E-state index contributed by atoms with van der Waals surface area (Å²) in [7, 11) is 0. The number of rotatable bonds is 7. The van der Waals surface area contributed by atoms with Gasteiger partial charge in [0.05, 0.1) is 5.57 Å². The molecule has 0 aromatic heterocycles. The third kappa shape index (κ3) is 4.39. The van der Waals surface area contributed by atoms with Gasteiger partial charge in [-0.3, -0.25) is 0 Å². The molecule has 3 aromatic carbocycles. The molecule has 1 unspecified atom stereocenters. The van der Waals surface area contributed by atoms with Crippen LogP contribution in [0.25, 0.3) is 0 Å². The summed E-state index contributed by atoms with van der Waals surface area (Å²) in [5.74, 6) is 0.0253. The molecular weight excluding hydrogens is 438 g/mol. The molecule has 1 heterocycles. The Morgan fingerprint density at radius 3 is 1.94 bits per heavy atom. The molecule has 35 heavy (non-hydrogen) atoms. The summed E-state index contributed by atoms with van der Waals surface area (Å²) in [6, 6.07) is 27.1. The predicted molar refractivity (Wildman–Crippen MR) is 137 cm³/mol. The van der Waals surface area contributed by atoms with E-state index in [1.54, 1.807) is 12.1 Å². The number of cyclic esters (lactones) is 1. The average Bonchev–Trinajstić information content (AvgIpc) is 3.44. The van der Waals surface area contributed by atoms with Crippen LogP contribution in [0.3, 0.4) is 0 Å². The van der Waals surface area contributed by atoms with Gasteiger partial charge < -0.3 is 19.8 Å². The van der Waals surface area contributed by atoms with Crippen molar-refractivity contribution in [1.29, 1.82) is 0 Å². The van der Waals surface area contributed by atoms with Gasteiger partial charge in [-0.15, -0.1) is 0 Å². The smallest absolute Gasteiger partial charge is 0.337 e. The third-order valence-corrected chi connectivity index (χ3v) is 7.42. The molecule has 5 nitrogen and oxygen atoms in total. The first-order valence-corrected chi connectivity index (χ1v) is 12.4. The summed E-state index contributed by atoms with van der Waals surface area (Å²) in [6.07, 6.45) is 5.03. The van der Waals surface area contributed by atoms with Gasteiger partial charge in [-0.1, -0.05) is 61.4 Å². The monoisotopic (exact) mass is 469 g/mol.